The number of H-pyrrole nitrogens is 1. The standard InChI is InChI=1S/C21H19FN4O/c1-13-5-17-16(12-26-21(17)25-9-13)6-15-10-23-20(24-11-15)8-14-3-4-18(22)19(7-14)27-2/h3-5,7,9-12H,6,8H2,1-2H3,(H,25,26). The molecule has 3 heterocycles. The van der Waals surface area contributed by atoms with Crippen molar-refractivity contribution in [1.82, 2.24) is 19.9 Å². The molecule has 0 aliphatic heterocycles. The summed E-state index contributed by atoms with van der Waals surface area (Å²) in [4.78, 5) is 16.5. The highest BCUT2D eigenvalue weighted by atomic mass is 19.1. The molecule has 0 amide bonds. The molecule has 1 aromatic carbocycles. The number of aromatic nitrogens is 4. The molecule has 4 aromatic rings. The van der Waals surface area contributed by atoms with Crippen LogP contribution in [0.25, 0.3) is 11.0 Å². The van der Waals surface area contributed by atoms with Gasteiger partial charge in [0, 0.05) is 43.0 Å². The van der Waals surface area contributed by atoms with Crippen LogP contribution in [0.5, 0.6) is 5.75 Å². The Kier molecular flexibility index (Phi) is 4.54. The largest absolute Gasteiger partial charge is 0.494 e. The Morgan fingerprint density at radius 1 is 1.00 bits per heavy atom. The number of halogens is 1. The lowest BCUT2D eigenvalue weighted by molar-refractivity contribution is 0.386. The van der Waals surface area contributed by atoms with Crippen LogP contribution in [0.3, 0.4) is 0 Å². The fourth-order valence-electron chi connectivity index (χ4n) is 3.09. The Labute approximate surface area is 156 Å². The van der Waals surface area contributed by atoms with Crippen LogP contribution in [-0.2, 0) is 12.8 Å². The molecule has 0 radical (unpaired) electrons. The molecule has 3 aromatic heterocycles. The van der Waals surface area contributed by atoms with E-state index < -0.39 is 0 Å². The van der Waals surface area contributed by atoms with Gasteiger partial charge in [-0.3, -0.25) is 0 Å². The molecule has 0 aliphatic carbocycles. The van der Waals surface area contributed by atoms with Crippen LogP contribution < -0.4 is 4.74 Å². The summed E-state index contributed by atoms with van der Waals surface area (Å²) in [6.45, 7) is 2.03. The van der Waals surface area contributed by atoms with E-state index in [1.54, 1.807) is 12.1 Å². The Bertz CT molecular complexity index is 1090. The Hall–Kier alpha value is -3.28. The predicted octanol–water partition coefficient (Wildman–Crippen LogP) is 3.99. The first kappa shape index (κ1) is 17.1. The molecule has 0 unspecified atom stereocenters. The predicted molar refractivity (Wildman–Crippen MR) is 101 cm³/mol. The summed E-state index contributed by atoms with van der Waals surface area (Å²) < 4.78 is 18.5. The van der Waals surface area contributed by atoms with Gasteiger partial charge in [0.05, 0.1) is 7.11 Å². The lowest BCUT2D eigenvalue weighted by atomic mass is 10.1. The first-order valence-corrected chi connectivity index (χ1v) is 8.67. The summed E-state index contributed by atoms with van der Waals surface area (Å²) >= 11 is 0. The molecule has 136 valence electrons. The Morgan fingerprint density at radius 3 is 2.59 bits per heavy atom. The van der Waals surface area contributed by atoms with Crippen molar-refractivity contribution in [2.45, 2.75) is 19.8 Å². The Balaban J connectivity index is 1.51. The molecule has 1 N–H and O–H groups in total. The number of pyridine rings is 1. The van der Waals surface area contributed by atoms with E-state index in [0.717, 1.165) is 34.1 Å². The first-order valence-electron chi connectivity index (χ1n) is 8.67. The summed E-state index contributed by atoms with van der Waals surface area (Å²) in [5, 5.41) is 1.12. The number of methoxy groups -OCH3 is 1. The van der Waals surface area contributed by atoms with E-state index in [4.69, 9.17) is 4.74 Å². The van der Waals surface area contributed by atoms with Gasteiger partial charge < -0.3 is 9.72 Å². The van der Waals surface area contributed by atoms with E-state index in [1.807, 2.05) is 31.7 Å². The van der Waals surface area contributed by atoms with Crippen molar-refractivity contribution in [3.8, 4) is 5.75 Å². The summed E-state index contributed by atoms with van der Waals surface area (Å²) in [7, 11) is 1.45. The van der Waals surface area contributed by atoms with Gasteiger partial charge in [-0.15, -0.1) is 0 Å². The molecule has 0 spiro atoms. The van der Waals surface area contributed by atoms with Crippen molar-refractivity contribution >= 4 is 11.0 Å². The minimum Gasteiger partial charge on any atom is -0.494 e. The van der Waals surface area contributed by atoms with Crippen molar-refractivity contribution in [3.05, 3.63) is 82.9 Å². The minimum atomic E-state index is -0.374. The molecule has 0 atom stereocenters. The van der Waals surface area contributed by atoms with Crippen LogP contribution in [0.4, 0.5) is 4.39 Å². The number of hydrogen-bond acceptors (Lipinski definition) is 4. The number of aryl methyl sites for hydroxylation is 1. The quantitative estimate of drug-likeness (QED) is 0.583. The second-order valence-electron chi connectivity index (χ2n) is 6.55. The van der Waals surface area contributed by atoms with E-state index in [-0.39, 0.29) is 11.6 Å². The number of hydrogen-bond donors (Lipinski definition) is 1. The molecule has 27 heavy (non-hydrogen) atoms. The molecule has 0 aliphatic rings. The van der Waals surface area contributed by atoms with E-state index >= 15 is 0 Å². The number of nitrogens with zero attached hydrogens (tertiary/aromatic N) is 3. The lowest BCUT2D eigenvalue weighted by Gasteiger charge is -2.06. The molecule has 0 bridgehead atoms. The van der Waals surface area contributed by atoms with Crippen molar-refractivity contribution in [2.24, 2.45) is 0 Å². The van der Waals surface area contributed by atoms with Gasteiger partial charge in [0.25, 0.3) is 0 Å². The highest BCUT2D eigenvalue weighted by molar-refractivity contribution is 5.80. The normalized spacial score (nSPS) is 11.1. The number of fused-ring (bicyclic) bond motifs is 1. The summed E-state index contributed by atoms with van der Waals surface area (Å²) in [6, 6.07) is 6.92. The first-order chi connectivity index (χ1) is 13.1. The van der Waals surface area contributed by atoms with E-state index in [2.05, 4.69) is 26.0 Å². The number of benzene rings is 1. The van der Waals surface area contributed by atoms with Crippen LogP contribution in [0.2, 0.25) is 0 Å². The smallest absolute Gasteiger partial charge is 0.165 e. The van der Waals surface area contributed by atoms with Gasteiger partial charge in [-0.25, -0.2) is 19.3 Å². The summed E-state index contributed by atoms with van der Waals surface area (Å²) in [5.74, 6) is 0.539. The fourth-order valence-corrected chi connectivity index (χ4v) is 3.09. The van der Waals surface area contributed by atoms with E-state index in [1.165, 1.54) is 18.7 Å². The number of rotatable bonds is 5. The zero-order valence-electron chi connectivity index (χ0n) is 15.2. The van der Waals surface area contributed by atoms with Crippen LogP contribution in [0, 0.1) is 12.7 Å². The third kappa shape index (κ3) is 3.65. The van der Waals surface area contributed by atoms with Gasteiger partial charge in [-0.2, -0.15) is 0 Å². The highest BCUT2D eigenvalue weighted by Gasteiger charge is 2.08. The van der Waals surface area contributed by atoms with Crippen molar-refractivity contribution in [2.75, 3.05) is 7.11 Å². The maximum Gasteiger partial charge on any atom is 0.165 e. The van der Waals surface area contributed by atoms with Gasteiger partial charge in [0.2, 0.25) is 0 Å². The zero-order valence-corrected chi connectivity index (χ0v) is 15.2. The van der Waals surface area contributed by atoms with E-state index in [0.29, 0.717) is 12.2 Å². The number of nitrogens with one attached hydrogen (secondary N) is 1. The maximum absolute atomic E-state index is 13.5. The Morgan fingerprint density at radius 2 is 1.81 bits per heavy atom. The van der Waals surface area contributed by atoms with Crippen molar-refractivity contribution in [3.63, 3.8) is 0 Å². The van der Waals surface area contributed by atoms with Gasteiger partial charge >= 0.3 is 0 Å². The second-order valence-corrected chi connectivity index (χ2v) is 6.55. The maximum atomic E-state index is 13.5. The third-order valence-corrected chi connectivity index (χ3v) is 4.48. The minimum absolute atomic E-state index is 0.229. The van der Waals surface area contributed by atoms with Crippen molar-refractivity contribution < 1.29 is 9.13 Å². The van der Waals surface area contributed by atoms with Gasteiger partial charge in [0.1, 0.15) is 11.5 Å². The summed E-state index contributed by atoms with van der Waals surface area (Å²) in [6.07, 6.45) is 8.76. The zero-order chi connectivity index (χ0) is 18.8. The molecule has 0 fully saturated rings. The highest BCUT2D eigenvalue weighted by Crippen LogP contribution is 2.21. The van der Waals surface area contributed by atoms with Gasteiger partial charge in [-0.1, -0.05) is 6.07 Å². The summed E-state index contributed by atoms with van der Waals surface area (Å²) in [5.41, 5.74) is 5.11. The van der Waals surface area contributed by atoms with Gasteiger partial charge in [0.15, 0.2) is 11.6 Å². The van der Waals surface area contributed by atoms with Crippen LogP contribution >= 0.6 is 0 Å². The average Bonchev–Trinajstić information content (AvgIpc) is 3.07. The topological polar surface area (TPSA) is 63.7 Å². The van der Waals surface area contributed by atoms with Crippen LogP contribution in [0.15, 0.2) is 49.1 Å². The van der Waals surface area contributed by atoms with Crippen LogP contribution in [0.1, 0.15) is 28.1 Å². The molecule has 5 nitrogen and oxygen atoms in total. The third-order valence-electron chi connectivity index (χ3n) is 4.48. The number of ether oxygens (including phenoxy) is 1. The molecule has 0 saturated carbocycles. The van der Waals surface area contributed by atoms with Gasteiger partial charge in [-0.05, 0) is 47.4 Å². The molecular formula is C21H19FN4O. The lowest BCUT2D eigenvalue weighted by Crippen LogP contribution is -1.99. The molecule has 4 rings (SSSR count). The number of aromatic amines is 1. The fraction of sp³-hybridized carbons (Fsp3) is 0.190. The van der Waals surface area contributed by atoms with Crippen molar-refractivity contribution in [1.29, 1.82) is 0 Å². The average molecular weight is 362 g/mol. The molecule has 0 saturated heterocycles. The van der Waals surface area contributed by atoms with E-state index in [9.17, 15) is 4.39 Å². The second kappa shape index (κ2) is 7.15. The molecular weight excluding hydrogens is 343 g/mol. The monoisotopic (exact) mass is 362 g/mol. The molecule has 6 heteroatoms. The van der Waals surface area contributed by atoms with Crippen LogP contribution in [-0.4, -0.2) is 27.0 Å². The SMILES string of the molecule is COc1cc(Cc2ncc(Cc3c[nH]c4ncc(C)cc34)cn2)ccc1F.